The lowest BCUT2D eigenvalue weighted by molar-refractivity contribution is 0.200. The van der Waals surface area contributed by atoms with Crippen LogP contribution in [0.3, 0.4) is 0 Å². The van der Waals surface area contributed by atoms with Crippen molar-refractivity contribution in [2.24, 2.45) is 0 Å². The van der Waals surface area contributed by atoms with E-state index in [9.17, 15) is 0 Å². The number of aromatic amines is 1. The Hall–Kier alpha value is -1.03. The van der Waals surface area contributed by atoms with Crippen molar-refractivity contribution in [3.05, 3.63) is 11.8 Å². The summed E-state index contributed by atoms with van der Waals surface area (Å²) < 4.78 is 0. The standard InChI is InChI=1S/C4H5N3O/c1-3-2-8-7-4(3)6-5-1/h1H,2H2,(H2,5,6,7). The second kappa shape index (κ2) is 1.23. The first kappa shape index (κ1) is 3.91. The molecule has 1 aliphatic rings. The van der Waals surface area contributed by atoms with Crippen LogP contribution in [-0.4, -0.2) is 10.2 Å². The van der Waals surface area contributed by atoms with Crippen LogP contribution in [0.5, 0.6) is 0 Å². The average molecular weight is 111 g/mol. The molecule has 0 saturated carbocycles. The summed E-state index contributed by atoms with van der Waals surface area (Å²) in [6, 6.07) is 0. The lowest BCUT2D eigenvalue weighted by Crippen LogP contribution is -1.89. The number of aromatic nitrogens is 2. The number of anilines is 1. The number of hydrogen-bond donors (Lipinski definition) is 2. The maximum atomic E-state index is 4.82. The van der Waals surface area contributed by atoms with Gasteiger partial charge in [0.25, 0.3) is 0 Å². The van der Waals surface area contributed by atoms with Crippen molar-refractivity contribution in [2.45, 2.75) is 6.61 Å². The number of nitrogens with one attached hydrogen (secondary N) is 2. The van der Waals surface area contributed by atoms with Gasteiger partial charge in [0, 0.05) is 11.8 Å². The molecule has 0 fully saturated rings. The van der Waals surface area contributed by atoms with Gasteiger partial charge in [0.1, 0.15) is 6.61 Å². The van der Waals surface area contributed by atoms with Gasteiger partial charge in [-0.1, -0.05) is 0 Å². The van der Waals surface area contributed by atoms with Gasteiger partial charge in [0.15, 0.2) is 5.82 Å². The van der Waals surface area contributed by atoms with Gasteiger partial charge in [-0.05, 0) is 0 Å². The van der Waals surface area contributed by atoms with Crippen molar-refractivity contribution in [3.8, 4) is 0 Å². The van der Waals surface area contributed by atoms with Crippen molar-refractivity contribution in [1.29, 1.82) is 0 Å². The number of hydrogen-bond acceptors (Lipinski definition) is 3. The predicted molar refractivity (Wildman–Crippen MR) is 27.0 cm³/mol. The van der Waals surface area contributed by atoms with Crippen LogP contribution in [0, 0.1) is 0 Å². The average Bonchev–Trinajstić information content (AvgIpc) is 2.15. The third kappa shape index (κ3) is 0.350. The summed E-state index contributed by atoms with van der Waals surface area (Å²) >= 11 is 0. The fraction of sp³-hybridized carbons (Fsp3) is 0.250. The topological polar surface area (TPSA) is 49.9 Å². The minimum absolute atomic E-state index is 0.617. The molecular weight excluding hydrogens is 106 g/mol. The van der Waals surface area contributed by atoms with Crippen LogP contribution in [0.15, 0.2) is 6.20 Å². The molecule has 1 aromatic rings. The molecule has 8 heavy (non-hydrogen) atoms. The van der Waals surface area contributed by atoms with Gasteiger partial charge in [-0.3, -0.25) is 9.94 Å². The van der Waals surface area contributed by atoms with Gasteiger partial charge in [0.2, 0.25) is 0 Å². The van der Waals surface area contributed by atoms with Gasteiger partial charge < -0.3 is 0 Å². The predicted octanol–water partition coefficient (Wildman–Crippen LogP) is 0.267. The van der Waals surface area contributed by atoms with Crippen LogP contribution in [-0.2, 0) is 11.4 Å². The third-order valence-electron chi connectivity index (χ3n) is 1.12. The summed E-state index contributed by atoms with van der Waals surface area (Å²) in [6.45, 7) is 0.617. The molecular formula is C4H5N3O. The molecule has 2 N–H and O–H groups in total. The molecule has 1 aromatic heterocycles. The molecule has 0 amide bonds. The first-order valence-electron chi connectivity index (χ1n) is 2.37. The molecule has 0 radical (unpaired) electrons. The van der Waals surface area contributed by atoms with E-state index in [1.807, 2.05) is 6.20 Å². The summed E-state index contributed by atoms with van der Waals surface area (Å²) in [4.78, 5) is 4.82. The smallest absolute Gasteiger partial charge is 0.177 e. The molecule has 0 aromatic carbocycles. The zero-order valence-corrected chi connectivity index (χ0v) is 4.14. The maximum Gasteiger partial charge on any atom is 0.177 e. The number of nitrogens with zero attached hydrogens (tertiary/aromatic N) is 1. The second-order valence-corrected chi connectivity index (χ2v) is 1.65. The minimum Gasteiger partial charge on any atom is -0.283 e. The second-order valence-electron chi connectivity index (χ2n) is 1.65. The lowest BCUT2D eigenvalue weighted by Gasteiger charge is -1.86. The van der Waals surface area contributed by atoms with E-state index in [1.54, 1.807) is 0 Å². The fourth-order valence-corrected chi connectivity index (χ4v) is 0.695. The third-order valence-corrected chi connectivity index (χ3v) is 1.12. The maximum absolute atomic E-state index is 4.82. The van der Waals surface area contributed by atoms with E-state index in [0.717, 1.165) is 11.4 Å². The highest BCUT2D eigenvalue weighted by atomic mass is 16.7. The molecule has 0 spiro atoms. The van der Waals surface area contributed by atoms with E-state index in [1.165, 1.54) is 0 Å². The molecule has 4 nitrogen and oxygen atoms in total. The van der Waals surface area contributed by atoms with Crippen LogP contribution in [0.2, 0.25) is 0 Å². The van der Waals surface area contributed by atoms with Gasteiger partial charge >= 0.3 is 0 Å². The lowest BCUT2D eigenvalue weighted by atomic mass is 10.4. The molecule has 2 heterocycles. The highest BCUT2D eigenvalue weighted by molar-refractivity contribution is 5.42. The van der Waals surface area contributed by atoms with E-state index in [4.69, 9.17) is 4.84 Å². The Balaban J connectivity index is 2.54. The molecule has 0 atom stereocenters. The normalized spacial score (nSPS) is 15.5. The van der Waals surface area contributed by atoms with E-state index in [2.05, 4.69) is 15.7 Å². The van der Waals surface area contributed by atoms with Crippen LogP contribution >= 0.6 is 0 Å². The highest BCUT2D eigenvalue weighted by Crippen LogP contribution is 2.17. The van der Waals surface area contributed by atoms with E-state index in [0.29, 0.717) is 6.61 Å². The molecule has 0 unspecified atom stereocenters. The van der Waals surface area contributed by atoms with Gasteiger partial charge in [-0.2, -0.15) is 5.10 Å². The fourth-order valence-electron chi connectivity index (χ4n) is 0.695. The molecule has 2 rings (SSSR count). The van der Waals surface area contributed by atoms with Crippen LogP contribution in [0.1, 0.15) is 5.56 Å². The molecule has 42 valence electrons. The summed E-state index contributed by atoms with van der Waals surface area (Å²) in [7, 11) is 0. The Morgan fingerprint density at radius 2 is 2.75 bits per heavy atom. The molecule has 0 aliphatic carbocycles. The molecule has 4 heteroatoms. The van der Waals surface area contributed by atoms with Crippen molar-refractivity contribution in [3.63, 3.8) is 0 Å². The number of H-pyrrole nitrogens is 1. The zero-order chi connectivity index (χ0) is 5.40. The summed E-state index contributed by atoms with van der Waals surface area (Å²) in [5.74, 6) is 0.810. The zero-order valence-electron chi connectivity index (χ0n) is 4.14. The van der Waals surface area contributed by atoms with Crippen molar-refractivity contribution in [1.82, 2.24) is 10.2 Å². The minimum atomic E-state index is 0.617. The first-order chi connectivity index (χ1) is 3.97. The Labute approximate surface area is 45.8 Å². The summed E-state index contributed by atoms with van der Waals surface area (Å²) in [5.41, 5.74) is 3.73. The van der Waals surface area contributed by atoms with E-state index < -0.39 is 0 Å². The molecule has 1 aliphatic heterocycles. The van der Waals surface area contributed by atoms with E-state index in [-0.39, 0.29) is 0 Å². The van der Waals surface area contributed by atoms with Gasteiger partial charge in [-0.15, -0.1) is 0 Å². The SMILES string of the molecule is c1[nH]nc2c1CON2. The molecule has 0 saturated heterocycles. The van der Waals surface area contributed by atoms with Crippen LogP contribution < -0.4 is 5.48 Å². The van der Waals surface area contributed by atoms with Gasteiger partial charge in [-0.25, -0.2) is 5.48 Å². The molecule has 0 bridgehead atoms. The monoisotopic (exact) mass is 111 g/mol. The Morgan fingerprint density at radius 1 is 1.75 bits per heavy atom. The van der Waals surface area contributed by atoms with Crippen molar-refractivity contribution in [2.75, 3.05) is 5.48 Å². The Kier molecular flexibility index (Phi) is 0.599. The van der Waals surface area contributed by atoms with Crippen molar-refractivity contribution < 1.29 is 4.84 Å². The van der Waals surface area contributed by atoms with Crippen molar-refractivity contribution >= 4 is 5.82 Å². The van der Waals surface area contributed by atoms with E-state index >= 15 is 0 Å². The largest absolute Gasteiger partial charge is 0.283 e. The van der Waals surface area contributed by atoms with Crippen LogP contribution in [0.25, 0.3) is 0 Å². The number of rotatable bonds is 0. The quantitative estimate of drug-likeness (QED) is 0.505. The summed E-state index contributed by atoms with van der Waals surface area (Å²) in [5, 5.41) is 6.54. The highest BCUT2D eigenvalue weighted by Gasteiger charge is 2.11. The van der Waals surface area contributed by atoms with Crippen LogP contribution in [0.4, 0.5) is 5.82 Å². The Bertz CT molecular complexity index is 176. The Morgan fingerprint density at radius 3 is 3.62 bits per heavy atom. The number of fused-ring (bicyclic) bond motifs is 1. The first-order valence-corrected chi connectivity index (χ1v) is 2.37. The van der Waals surface area contributed by atoms with Gasteiger partial charge in [0.05, 0.1) is 0 Å². The summed E-state index contributed by atoms with van der Waals surface area (Å²) in [6.07, 6.45) is 1.81.